The summed E-state index contributed by atoms with van der Waals surface area (Å²) in [6, 6.07) is 7.55. The molecule has 118 valence electrons. The van der Waals surface area contributed by atoms with Gasteiger partial charge >= 0.3 is 0 Å². The first kappa shape index (κ1) is 15.4. The number of carbonyl (C=O) groups is 1. The highest BCUT2D eigenvalue weighted by molar-refractivity contribution is 7.99. The lowest BCUT2D eigenvalue weighted by Crippen LogP contribution is -2.14. The van der Waals surface area contributed by atoms with Crippen LogP contribution in [0.3, 0.4) is 0 Å². The van der Waals surface area contributed by atoms with Crippen LogP contribution in [0.1, 0.15) is 11.3 Å². The van der Waals surface area contributed by atoms with Crippen molar-refractivity contribution >= 4 is 29.0 Å². The van der Waals surface area contributed by atoms with E-state index >= 15 is 0 Å². The maximum atomic E-state index is 12.8. The molecule has 0 saturated heterocycles. The Morgan fingerprint density at radius 1 is 1.26 bits per heavy atom. The third-order valence-electron chi connectivity index (χ3n) is 3.11. The standard InChI is InChI=1S/C15H14FN5OS/c1-9-7-10(2)20-21-14(9)18-19-15(21)23-8-13(22)17-12-5-3-11(16)4-6-12/h3-7H,8H2,1-2H3,(H,17,22). The fourth-order valence-electron chi connectivity index (χ4n) is 2.12. The van der Waals surface area contributed by atoms with Crippen molar-refractivity contribution in [2.45, 2.75) is 19.0 Å². The Kier molecular flexibility index (Phi) is 4.24. The third kappa shape index (κ3) is 3.48. The number of rotatable bonds is 4. The van der Waals surface area contributed by atoms with E-state index < -0.39 is 0 Å². The summed E-state index contributed by atoms with van der Waals surface area (Å²) in [6.45, 7) is 3.83. The van der Waals surface area contributed by atoms with E-state index in [2.05, 4.69) is 20.6 Å². The van der Waals surface area contributed by atoms with Crippen LogP contribution in [-0.4, -0.2) is 31.5 Å². The quantitative estimate of drug-likeness (QED) is 0.744. The van der Waals surface area contributed by atoms with E-state index in [9.17, 15) is 9.18 Å². The molecule has 0 unspecified atom stereocenters. The number of hydrogen-bond acceptors (Lipinski definition) is 5. The summed E-state index contributed by atoms with van der Waals surface area (Å²) in [6.07, 6.45) is 0. The van der Waals surface area contributed by atoms with Gasteiger partial charge in [0.15, 0.2) is 5.65 Å². The van der Waals surface area contributed by atoms with Crippen LogP contribution in [0.2, 0.25) is 0 Å². The van der Waals surface area contributed by atoms with E-state index in [1.807, 2.05) is 19.9 Å². The highest BCUT2D eigenvalue weighted by atomic mass is 32.2. The normalized spacial score (nSPS) is 10.9. The van der Waals surface area contributed by atoms with E-state index in [0.717, 1.165) is 11.3 Å². The van der Waals surface area contributed by atoms with Crippen LogP contribution in [-0.2, 0) is 4.79 Å². The van der Waals surface area contributed by atoms with Crippen molar-refractivity contribution in [2.75, 3.05) is 11.1 Å². The first-order valence-electron chi connectivity index (χ1n) is 6.91. The van der Waals surface area contributed by atoms with Gasteiger partial charge in [-0.05, 0) is 49.7 Å². The number of benzene rings is 1. The van der Waals surface area contributed by atoms with Crippen LogP contribution in [0, 0.1) is 19.7 Å². The van der Waals surface area contributed by atoms with Gasteiger partial charge in [0.1, 0.15) is 5.82 Å². The predicted octanol–water partition coefficient (Wildman–Crippen LogP) is 2.61. The minimum absolute atomic E-state index is 0.160. The molecule has 6 nitrogen and oxygen atoms in total. The number of amides is 1. The topological polar surface area (TPSA) is 72.2 Å². The van der Waals surface area contributed by atoms with Gasteiger partial charge in [0.2, 0.25) is 11.1 Å². The molecule has 8 heteroatoms. The summed E-state index contributed by atoms with van der Waals surface area (Å²) < 4.78 is 14.5. The zero-order valence-electron chi connectivity index (χ0n) is 12.6. The number of nitrogens with zero attached hydrogens (tertiary/aromatic N) is 4. The molecule has 2 aromatic heterocycles. The molecule has 3 rings (SSSR count). The van der Waals surface area contributed by atoms with Gasteiger partial charge in [-0.15, -0.1) is 10.2 Å². The van der Waals surface area contributed by atoms with Crippen molar-refractivity contribution < 1.29 is 9.18 Å². The summed E-state index contributed by atoms with van der Waals surface area (Å²) in [5.41, 5.74) is 3.06. The fraction of sp³-hybridized carbons (Fsp3) is 0.200. The summed E-state index contributed by atoms with van der Waals surface area (Å²) in [7, 11) is 0. The largest absolute Gasteiger partial charge is 0.325 e. The van der Waals surface area contributed by atoms with E-state index in [-0.39, 0.29) is 17.5 Å². The molecule has 0 aliphatic carbocycles. The molecule has 0 spiro atoms. The molecule has 1 N–H and O–H groups in total. The van der Waals surface area contributed by atoms with E-state index in [0.29, 0.717) is 16.5 Å². The third-order valence-corrected chi connectivity index (χ3v) is 4.03. The van der Waals surface area contributed by atoms with E-state index in [1.54, 1.807) is 4.52 Å². The highest BCUT2D eigenvalue weighted by Crippen LogP contribution is 2.18. The van der Waals surface area contributed by atoms with Gasteiger partial charge in [-0.2, -0.15) is 9.61 Å². The average molecular weight is 331 g/mol. The number of nitrogens with one attached hydrogen (secondary N) is 1. The van der Waals surface area contributed by atoms with Crippen molar-refractivity contribution in [1.82, 2.24) is 19.8 Å². The van der Waals surface area contributed by atoms with Crippen molar-refractivity contribution in [3.05, 3.63) is 47.4 Å². The highest BCUT2D eigenvalue weighted by Gasteiger charge is 2.12. The molecule has 3 aromatic rings. The first-order valence-corrected chi connectivity index (χ1v) is 7.89. The first-order chi connectivity index (χ1) is 11.0. The zero-order valence-corrected chi connectivity index (χ0v) is 13.4. The molecule has 0 bridgehead atoms. The molecule has 0 fully saturated rings. The Balaban J connectivity index is 1.68. The lowest BCUT2D eigenvalue weighted by atomic mass is 10.3. The fourth-order valence-corrected chi connectivity index (χ4v) is 2.80. The van der Waals surface area contributed by atoms with Crippen molar-refractivity contribution in [3.8, 4) is 0 Å². The molecule has 1 aromatic carbocycles. The summed E-state index contributed by atoms with van der Waals surface area (Å²) in [5, 5.41) is 15.8. The van der Waals surface area contributed by atoms with Crippen LogP contribution in [0.15, 0.2) is 35.5 Å². The Labute approximate surface area is 136 Å². The Morgan fingerprint density at radius 3 is 2.74 bits per heavy atom. The lowest BCUT2D eigenvalue weighted by Gasteiger charge is -2.04. The summed E-state index contributed by atoms with van der Waals surface area (Å²) in [5.74, 6) is -0.390. The maximum absolute atomic E-state index is 12.8. The van der Waals surface area contributed by atoms with Crippen LogP contribution in [0.4, 0.5) is 10.1 Å². The van der Waals surface area contributed by atoms with Crippen molar-refractivity contribution in [3.63, 3.8) is 0 Å². The van der Waals surface area contributed by atoms with E-state index in [1.165, 1.54) is 36.0 Å². The summed E-state index contributed by atoms with van der Waals surface area (Å²) >= 11 is 1.25. The van der Waals surface area contributed by atoms with Crippen molar-refractivity contribution in [1.29, 1.82) is 0 Å². The average Bonchev–Trinajstić information content (AvgIpc) is 2.91. The number of thioether (sulfide) groups is 1. The SMILES string of the molecule is Cc1cc(C)c2nnc(SCC(=O)Nc3ccc(F)cc3)n2n1. The van der Waals surface area contributed by atoms with Gasteiger partial charge in [0.25, 0.3) is 0 Å². The second kappa shape index (κ2) is 6.33. The number of aromatic nitrogens is 4. The van der Waals surface area contributed by atoms with Crippen LogP contribution in [0.25, 0.3) is 5.65 Å². The van der Waals surface area contributed by atoms with Gasteiger partial charge in [-0.25, -0.2) is 4.39 Å². The monoisotopic (exact) mass is 331 g/mol. The van der Waals surface area contributed by atoms with Gasteiger partial charge < -0.3 is 5.32 Å². The zero-order chi connectivity index (χ0) is 16.4. The maximum Gasteiger partial charge on any atom is 0.234 e. The van der Waals surface area contributed by atoms with Crippen molar-refractivity contribution in [2.24, 2.45) is 0 Å². The predicted molar refractivity (Wildman–Crippen MR) is 86.0 cm³/mol. The minimum Gasteiger partial charge on any atom is -0.325 e. The Morgan fingerprint density at radius 2 is 2.00 bits per heavy atom. The molecular weight excluding hydrogens is 317 g/mol. The number of halogens is 1. The Bertz CT molecular complexity index is 862. The molecule has 0 saturated carbocycles. The number of hydrogen-bond donors (Lipinski definition) is 1. The minimum atomic E-state index is -0.343. The molecule has 0 aliphatic rings. The number of carbonyl (C=O) groups excluding carboxylic acids is 1. The molecule has 2 heterocycles. The van der Waals surface area contributed by atoms with Crippen LogP contribution < -0.4 is 5.32 Å². The molecular formula is C15H14FN5OS. The number of aryl methyl sites for hydroxylation is 2. The molecule has 1 amide bonds. The lowest BCUT2D eigenvalue weighted by molar-refractivity contribution is -0.113. The Hall–Kier alpha value is -2.48. The van der Waals surface area contributed by atoms with E-state index in [4.69, 9.17) is 0 Å². The van der Waals surface area contributed by atoms with Gasteiger partial charge in [0.05, 0.1) is 11.4 Å². The van der Waals surface area contributed by atoms with Gasteiger partial charge in [-0.1, -0.05) is 11.8 Å². The van der Waals surface area contributed by atoms with Gasteiger partial charge in [0, 0.05) is 5.69 Å². The number of fused-ring (bicyclic) bond motifs is 1. The molecule has 0 aliphatic heterocycles. The molecule has 0 atom stereocenters. The summed E-state index contributed by atoms with van der Waals surface area (Å²) in [4.78, 5) is 12.0. The smallest absolute Gasteiger partial charge is 0.234 e. The molecule has 23 heavy (non-hydrogen) atoms. The van der Waals surface area contributed by atoms with Crippen LogP contribution >= 0.6 is 11.8 Å². The molecule has 0 radical (unpaired) electrons. The second-order valence-electron chi connectivity index (χ2n) is 5.03. The second-order valence-corrected chi connectivity index (χ2v) is 5.97. The van der Waals surface area contributed by atoms with Crippen LogP contribution in [0.5, 0.6) is 0 Å². The van der Waals surface area contributed by atoms with Gasteiger partial charge in [-0.3, -0.25) is 4.79 Å². The number of anilines is 1.